The highest BCUT2D eigenvalue weighted by atomic mass is 16.5. The molecule has 0 bridgehead atoms. The summed E-state index contributed by atoms with van der Waals surface area (Å²) >= 11 is 0. The van der Waals surface area contributed by atoms with Gasteiger partial charge in [-0.3, -0.25) is 4.79 Å². The highest BCUT2D eigenvalue weighted by Crippen LogP contribution is 2.27. The first-order valence-corrected chi connectivity index (χ1v) is 5.44. The lowest BCUT2D eigenvalue weighted by molar-refractivity contribution is -0.123. The Kier molecular flexibility index (Phi) is 4.57. The molecule has 0 atom stereocenters. The second kappa shape index (κ2) is 5.72. The van der Waals surface area contributed by atoms with E-state index in [4.69, 9.17) is 10.00 Å². The molecule has 0 unspecified atom stereocenters. The molecular formula is C11H18N2O2. The molecule has 15 heavy (non-hydrogen) atoms. The van der Waals surface area contributed by atoms with E-state index in [-0.39, 0.29) is 5.91 Å². The molecule has 0 spiro atoms. The predicted molar refractivity (Wildman–Crippen MR) is 56.1 cm³/mol. The molecule has 1 amide bonds. The van der Waals surface area contributed by atoms with Gasteiger partial charge in [-0.2, -0.15) is 5.26 Å². The second-order valence-electron chi connectivity index (χ2n) is 4.05. The third kappa shape index (κ3) is 3.52. The molecule has 0 aliphatic heterocycles. The fraction of sp³-hybridized carbons (Fsp3) is 0.818. The number of carbonyl (C=O) groups excluding carboxylic acids is 1. The Bertz CT molecular complexity index is 252. The van der Waals surface area contributed by atoms with E-state index >= 15 is 0 Å². The standard InChI is InChI=1S/C11H18N2O2/c1-15-8-5-10(14)13-11(9-12)6-3-2-4-7-11/h2-8H2,1H3,(H,13,14). The Hall–Kier alpha value is -1.08. The number of carbonyl (C=O) groups is 1. The number of amides is 1. The number of nitriles is 1. The summed E-state index contributed by atoms with van der Waals surface area (Å²) in [4.78, 5) is 11.5. The molecular weight excluding hydrogens is 192 g/mol. The molecule has 0 heterocycles. The number of hydrogen-bond acceptors (Lipinski definition) is 3. The molecule has 4 nitrogen and oxygen atoms in total. The van der Waals surface area contributed by atoms with E-state index in [0.29, 0.717) is 13.0 Å². The van der Waals surface area contributed by atoms with E-state index in [2.05, 4.69) is 11.4 Å². The largest absolute Gasteiger partial charge is 0.384 e. The Labute approximate surface area is 90.6 Å². The summed E-state index contributed by atoms with van der Waals surface area (Å²) in [5.74, 6) is -0.0831. The van der Waals surface area contributed by atoms with Crippen molar-refractivity contribution in [3.8, 4) is 6.07 Å². The first-order chi connectivity index (χ1) is 7.22. The van der Waals surface area contributed by atoms with Crippen LogP contribution in [0.2, 0.25) is 0 Å². The van der Waals surface area contributed by atoms with Crippen molar-refractivity contribution >= 4 is 5.91 Å². The number of hydrogen-bond donors (Lipinski definition) is 1. The summed E-state index contributed by atoms with van der Waals surface area (Å²) in [5, 5.41) is 12.0. The minimum Gasteiger partial charge on any atom is -0.384 e. The molecule has 1 N–H and O–H groups in total. The van der Waals surface area contributed by atoms with Crippen LogP contribution in [0.5, 0.6) is 0 Å². The van der Waals surface area contributed by atoms with E-state index in [1.807, 2.05) is 0 Å². The summed E-state index contributed by atoms with van der Waals surface area (Å²) in [6.45, 7) is 0.410. The van der Waals surface area contributed by atoms with Gasteiger partial charge in [0.15, 0.2) is 0 Å². The van der Waals surface area contributed by atoms with Gasteiger partial charge >= 0.3 is 0 Å². The molecule has 0 aromatic heterocycles. The average Bonchev–Trinajstić information content (AvgIpc) is 2.27. The summed E-state index contributed by atoms with van der Waals surface area (Å²) < 4.78 is 4.82. The van der Waals surface area contributed by atoms with Crippen LogP contribution in [0, 0.1) is 11.3 Å². The molecule has 0 radical (unpaired) electrons. The maximum atomic E-state index is 11.5. The summed E-state index contributed by atoms with van der Waals surface area (Å²) in [6.07, 6.45) is 5.11. The molecule has 4 heteroatoms. The quantitative estimate of drug-likeness (QED) is 0.762. The molecule has 0 saturated heterocycles. The highest BCUT2D eigenvalue weighted by molar-refractivity contribution is 5.77. The van der Waals surface area contributed by atoms with Crippen LogP contribution < -0.4 is 5.32 Å². The van der Waals surface area contributed by atoms with E-state index in [0.717, 1.165) is 32.1 Å². The van der Waals surface area contributed by atoms with E-state index in [9.17, 15) is 4.79 Å². The van der Waals surface area contributed by atoms with Gasteiger partial charge in [-0.25, -0.2) is 0 Å². The second-order valence-corrected chi connectivity index (χ2v) is 4.05. The minimum atomic E-state index is -0.608. The molecule has 1 fully saturated rings. The van der Waals surface area contributed by atoms with Crippen molar-refractivity contribution in [2.24, 2.45) is 0 Å². The van der Waals surface area contributed by atoms with Crippen LogP contribution in [-0.2, 0) is 9.53 Å². The molecule has 0 aromatic rings. The topological polar surface area (TPSA) is 62.1 Å². The van der Waals surface area contributed by atoms with Gasteiger partial charge in [0.1, 0.15) is 5.54 Å². The predicted octanol–water partition coefficient (Wildman–Crippen LogP) is 1.37. The van der Waals surface area contributed by atoms with Gasteiger partial charge in [0.25, 0.3) is 0 Å². The monoisotopic (exact) mass is 210 g/mol. The van der Waals surface area contributed by atoms with Crippen LogP contribution >= 0.6 is 0 Å². The van der Waals surface area contributed by atoms with E-state index in [1.165, 1.54) is 0 Å². The Balaban J connectivity index is 2.45. The van der Waals surface area contributed by atoms with Gasteiger partial charge in [-0.05, 0) is 12.8 Å². The summed E-state index contributed by atoms with van der Waals surface area (Å²) in [5.41, 5.74) is -0.608. The Morgan fingerprint density at radius 3 is 2.67 bits per heavy atom. The van der Waals surface area contributed by atoms with Crippen molar-refractivity contribution in [1.29, 1.82) is 5.26 Å². The molecule has 1 saturated carbocycles. The van der Waals surface area contributed by atoms with Gasteiger partial charge in [-0.15, -0.1) is 0 Å². The first-order valence-electron chi connectivity index (χ1n) is 5.44. The van der Waals surface area contributed by atoms with Gasteiger partial charge in [0.05, 0.1) is 12.7 Å². The zero-order chi connectivity index (χ0) is 11.1. The maximum absolute atomic E-state index is 11.5. The normalized spacial score (nSPS) is 19.2. The van der Waals surface area contributed by atoms with Gasteiger partial charge in [0.2, 0.25) is 5.91 Å². The van der Waals surface area contributed by atoms with Crippen molar-refractivity contribution in [3.05, 3.63) is 0 Å². The van der Waals surface area contributed by atoms with Crippen LogP contribution in [0.3, 0.4) is 0 Å². The molecule has 0 aromatic carbocycles. The van der Waals surface area contributed by atoms with E-state index in [1.54, 1.807) is 7.11 Å². The van der Waals surface area contributed by atoms with Crippen LogP contribution in [-0.4, -0.2) is 25.2 Å². The number of rotatable bonds is 4. The molecule has 84 valence electrons. The van der Waals surface area contributed by atoms with Crippen molar-refractivity contribution < 1.29 is 9.53 Å². The molecule has 1 rings (SSSR count). The third-order valence-electron chi connectivity index (χ3n) is 2.83. The third-order valence-corrected chi connectivity index (χ3v) is 2.83. The highest BCUT2D eigenvalue weighted by Gasteiger charge is 2.33. The van der Waals surface area contributed by atoms with Crippen molar-refractivity contribution in [3.63, 3.8) is 0 Å². The van der Waals surface area contributed by atoms with Crippen LogP contribution in [0.4, 0.5) is 0 Å². The summed E-state index contributed by atoms with van der Waals surface area (Å²) in [6, 6.07) is 2.25. The SMILES string of the molecule is COCCC(=O)NC1(C#N)CCCCC1. The number of ether oxygens (including phenoxy) is 1. The smallest absolute Gasteiger partial charge is 0.223 e. The molecule has 1 aliphatic rings. The van der Waals surface area contributed by atoms with Gasteiger partial charge in [-0.1, -0.05) is 19.3 Å². The maximum Gasteiger partial charge on any atom is 0.223 e. The lowest BCUT2D eigenvalue weighted by atomic mass is 9.83. The lowest BCUT2D eigenvalue weighted by Gasteiger charge is -2.31. The minimum absolute atomic E-state index is 0.0831. The van der Waals surface area contributed by atoms with Crippen molar-refractivity contribution in [2.75, 3.05) is 13.7 Å². The number of methoxy groups -OCH3 is 1. The zero-order valence-electron chi connectivity index (χ0n) is 9.21. The summed E-state index contributed by atoms with van der Waals surface area (Å²) in [7, 11) is 1.56. The average molecular weight is 210 g/mol. The van der Waals surface area contributed by atoms with E-state index < -0.39 is 5.54 Å². The Morgan fingerprint density at radius 2 is 2.13 bits per heavy atom. The number of nitrogens with zero attached hydrogens (tertiary/aromatic N) is 1. The number of nitrogens with one attached hydrogen (secondary N) is 1. The van der Waals surface area contributed by atoms with Gasteiger partial charge < -0.3 is 10.1 Å². The van der Waals surface area contributed by atoms with Crippen molar-refractivity contribution in [2.45, 2.75) is 44.1 Å². The van der Waals surface area contributed by atoms with Crippen LogP contribution in [0.15, 0.2) is 0 Å². The van der Waals surface area contributed by atoms with Gasteiger partial charge in [0, 0.05) is 13.5 Å². The molecule has 1 aliphatic carbocycles. The fourth-order valence-corrected chi connectivity index (χ4v) is 1.94. The lowest BCUT2D eigenvalue weighted by Crippen LogP contribution is -2.48. The van der Waals surface area contributed by atoms with Crippen LogP contribution in [0.1, 0.15) is 38.5 Å². The first kappa shape index (κ1) is 12.0. The van der Waals surface area contributed by atoms with Crippen LogP contribution in [0.25, 0.3) is 0 Å². The Morgan fingerprint density at radius 1 is 1.47 bits per heavy atom. The van der Waals surface area contributed by atoms with Crippen molar-refractivity contribution in [1.82, 2.24) is 5.32 Å². The fourth-order valence-electron chi connectivity index (χ4n) is 1.94. The zero-order valence-corrected chi connectivity index (χ0v) is 9.21.